The fourth-order valence-corrected chi connectivity index (χ4v) is 2.27. The number of carbonyl (C=O) groups excluding carboxylic acids is 1. The normalized spacial score (nSPS) is 25.3. The highest BCUT2D eigenvalue weighted by molar-refractivity contribution is 5.76. The van der Waals surface area contributed by atoms with Crippen LogP contribution < -0.4 is 11.1 Å². The predicted molar refractivity (Wildman–Crippen MR) is 68.7 cm³/mol. The third-order valence-corrected chi connectivity index (χ3v) is 3.31. The van der Waals surface area contributed by atoms with Gasteiger partial charge in [0.1, 0.15) is 0 Å². The summed E-state index contributed by atoms with van der Waals surface area (Å²) in [7, 11) is 0. The van der Waals surface area contributed by atoms with Crippen LogP contribution >= 0.6 is 0 Å². The summed E-state index contributed by atoms with van der Waals surface area (Å²) >= 11 is 0. The third kappa shape index (κ3) is 6.03. The molecule has 2 unspecified atom stereocenters. The van der Waals surface area contributed by atoms with Crippen LogP contribution in [-0.4, -0.2) is 31.2 Å². The monoisotopic (exact) mass is 242 g/mol. The van der Waals surface area contributed by atoms with E-state index in [0.717, 1.165) is 25.9 Å². The molecule has 0 saturated heterocycles. The molecule has 0 aromatic carbocycles. The average molecular weight is 242 g/mol. The van der Waals surface area contributed by atoms with Crippen molar-refractivity contribution in [2.75, 3.05) is 13.2 Å². The summed E-state index contributed by atoms with van der Waals surface area (Å²) in [6.45, 7) is 3.35. The summed E-state index contributed by atoms with van der Waals surface area (Å²) in [6, 6.07) is 0.311. The van der Waals surface area contributed by atoms with Crippen LogP contribution in [0.25, 0.3) is 0 Å². The molecule has 0 aromatic rings. The van der Waals surface area contributed by atoms with Crippen LogP contribution in [0.2, 0.25) is 0 Å². The Morgan fingerprint density at radius 3 is 2.88 bits per heavy atom. The van der Waals surface area contributed by atoms with Crippen molar-refractivity contribution in [2.45, 2.75) is 64.0 Å². The van der Waals surface area contributed by atoms with Crippen LogP contribution in [0.15, 0.2) is 0 Å². The molecule has 1 rings (SSSR count). The number of amides is 1. The van der Waals surface area contributed by atoms with Gasteiger partial charge in [0.05, 0.1) is 0 Å². The maximum absolute atomic E-state index is 11.7. The fourth-order valence-electron chi connectivity index (χ4n) is 2.27. The van der Waals surface area contributed by atoms with Crippen LogP contribution in [0.1, 0.15) is 51.9 Å². The number of hydrogen-bond acceptors (Lipinski definition) is 3. The molecule has 1 aliphatic rings. The lowest BCUT2D eigenvalue weighted by Crippen LogP contribution is -2.46. The van der Waals surface area contributed by atoms with E-state index in [1.165, 1.54) is 19.3 Å². The summed E-state index contributed by atoms with van der Waals surface area (Å²) in [5.41, 5.74) is 6.06. The molecule has 100 valence electrons. The average Bonchev–Trinajstić information content (AvgIpc) is 2.51. The molecule has 2 atom stereocenters. The highest BCUT2D eigenvalue weighted by Gasteiger charge is 2.21. The third-order valence-electron chi connectivity index (χ3n) is 3.31. The van der Waals surface area contributed by atoms with E-state index >= 15 is 0 Å². The van der Waals surface area contributed by atoms with Crippen LogP contribution in [0.4, 0.5) is 0 Å². The van der Waals surface area contributed by atoms with E-state index in [1.807, 2.05) is 6.92 Å². The Morgan fingerprint density at radius 1 is 1.35 bits per heavy atom. The molecule has 0 heterocycles. The molecule has 0 aliphatic heterocycles. The van der Waals surface area contributed by atoms with Gasteiger partial charge in [0, 0.05) is 31.7 Å². The summed E-state index contributed by atoms with van der Waals surface area (Å²) in [4.78, 5) is 11.7. The van der Waals surface area contributed by atoms with Crippen LogP contribution in [-0.2, 0) is 9.53 Å². The van der Waals surface area contributed by atoms with Gasteiger partial charge >= 0.3 is 0 Å². The highest BCUT2D eigenvalue weighted by Crippen LogP contribution is 2.16. The fraction of sp³-hybridized carbons (Fsp3) is 0.923. The molecule has 3 N–H and O–H groups in total. The molecule has 0 spiro atoms. The smallest absolute Gasteiger partial charge is 0.220 e. The molecule has 0 radical (unpaired) electrons. The summed E-state index contributed by atoms with van der Waals surface area (Å²) in [5, 5.41) is 3.07. The lowest BCUT2D eigenvalue weighted by molar-refractivity contribution is -0.122. The second-order valence-corrected chi connectivity index (χ2v) is 4.78. The van der Waals surface area contributed by atoms with Crippen molar-refractivity contribution in [3.63, 3.8) is 0 Å². The van der Waals surface area contributed by atoms with Crippen molar-refractivity contribution >= 4 is 5.91 Å². The molecule has 0 aromatic heterocycles. The topological polar surface area (TPSA) is 64.3 Å². The maximum atomic E-state index is 11.7. The first-order valence-electron chi connectivity index (χ1n) is 6.86. The molecular formula is C13H26N2O2. The number of hydrogen-bond donors (Lipinski definition) is 2. The molecular weight excluding hydrogens is 216 g/mol. The van der Waals surface area contributed by atoms with Gasteiger partial charge in [0.25, 0.3) is 0 Å². The molecule has 0 bridgehead atoms. The standard InChI is InChI=1S/C13H26N2O2/c1-2-17-10-6-9-13(16)15-12-8-5-3-4-7-11(12)14/h11-12H,2-10,14H2,1H3,(H,15,16). The van der Waals surface area contributed by atoms with Crippen LogP contribution in [0.3, 0.4) is 0 Å². The van der Waals surface area contributed by atoms with Crippen molar-refractivity contribution in [1.82, 2.24) is 5.32 Å². The van der Waals surface area contributed by atoms with E-state index in [4.69, 9.17) is 10.5 Å². The van der Waals surface area contributed by atoms with Gasteiger partial charge in [-0.05, 0) is 26.2 Å². The first-order valence-corrected chi connectivity index (χ1v) is 6.86. The zero-order chi connectivity index (χ0) is 12.5. The zero-order valence-electron chi connectivity index (χ0n) is 10.9. The number of rotatable bonds is 6. The van der Waals surface area contributed by atoms with Gasteiger partial charge in [-0.1, -0.05) is 19.3 Å². The second-order valence-electron chi connectivity index (χ2n) is 4.78. The van der Waals surface area contributed by atoms with Gasteiger partial charge in [-0.2, -0.15) is 0 Å². The first kappa shape index (κ1) is 14.5. The van der Waals surface area contributed by atoms with E-state index in [1.54, 1.807) is 0 Å². The molecule has 1 aliphatic carbocycles. The lowest BCUT2D eigenvalue weighted by Gasteiger charge is -2.22. The summed E-state index contributed by atoms with van der Waals surface area (Å²) < 4.78 is 5.21. The van der Waals surface area contributed by atoms with Crippen molar-refractivity contribution in [3.8, 4) is 0 Å². The summed E-state index contributed by atoms with van der Waals surface area (Å²) in [6.07, 6.45) is 7.01. The SMILES string of the molecule is CCOCCCC(=O)NC1CCCCCC1N. The van der Waals surface area contributed by atoms with Gasteiger partial charge < -0.3 is 15.8 Å². The van der Waals surface area contributed by atoms with Crippen molar-refractivity contribution < 1.29 is 9.53 Å². The highest BCUT2D eigenvalue weighted by atomic mass is 16.5. The van der Waals surface area contributed by atoms with Gasteiger partial charge in [-0.3, -0.25) is 4.79 Å². The quantitative estimate of drug-likeness (QED) is 0.549. The largest absolute Gasteiger partial charge is 0.382 e. The second kappa shape index (κ2) is 8.48. The molecule has 1 fully saturated rings. The number of carbonyl (C=O) groups is 1. The van der Waals surface area contributed by atoms with Crippen molar-refractivity contribution in [3.05, 3.63) is 0 Å². The molecule has 17 heavy (non-hydrogen) atoms. The Morgan fingerprint density at radius 2 is 2.12 bits per heavy atom. The lowest BCUT2D eigenvalue weighted by atomic mass is 10.0. The summed E-state index contributed by atoms with van der Waals surface area (Å²) in [5.74, 6) is 0.118. The van der Waals surface area contributed by atoms with Gasteiger partial charge in [0.15, 0.2) is 0 Å². The maximum Gasteiger partial charge on any atom is 0.220 e. The Kier molecular flexibility index (Phi) is 7.21. The van der Waals surface area contributed by atoms with Crippen molar-refractivity contribution in [2.24, 2.45) is 5.73 Å². The Labute approximate surface area is 104 Å². The van der Waals surface area contributed by atoms with E-state index in [9.17, 15) is 4.79 Å². The minimum Gasteiger partial charge on any atom is -0.382 e. The Bertz CT molecular complexity index is 221. The molecule has 4 heteroatoms. The van der Waals surface area contributed by atoms with Gasteiger partial charge in [-0.15, -0.1) is 0 Å². The van der Waals surface area contributed by atoms with E-state index in [2.05, 4.69) is 5.32 Å². The number of ether oxygens (including phenoxy) is 1. The van der Waals surface area contributed by atoms with Crippen molar-refractivity contribution in [1.29, 1.82) is 0 Å². The number of nitrogens with one attached hydrogen (secondary N) is 1. The minimum atomic E-state index is 0.118. The number of nitrogens with two attached hydrogens (primary N) is 1. The van der Waals surface area contributed by atoms with Crippen LogP contribution in [0, 0.1) is 0 Å². The molecule has 4 nitrogen and oxygen atoms in total. The van der Waals surface area contributed by atoms with Crippen LogP contribution in [0.5, 0.6) is 0 Å². The molecule has 1 amide bonds. The van der Waals surface area contributed by atoms with E-state index < -0.39 is 0 Å². The van der Waals surface area contributed by atoms with E-state index in [0.29, 0.717) is 13.0 Å². The minimum absolute atomic E-state index is 0.118. The molecule has 1 saturated carbocycles. The predicted octanol–water partition coefficient (Wildman–Crippen LogP) is 1.58. The Hall–Kier alpha value is -0.610. The Balaban J connectivity index is 2.19. The zero-order valence-corrected chi connectivity index (χ0v) is 10.9. The van der Waals surface area contributed by atoms with Gasteiger partial charge in [0.2, 0.25) is 5.91 Å². The van der Waals surface area contributed by atoms with Gasteiger partial charge in [-0.25, -0.2) is 0 Å². The van der Waals surface area contributed by atoms with E-state index in [-0.39, 0.29) is 18.0 Å². The first-order chi connectivity index (χ1) is 8.24.